The summed E-state index contributed by atoms with van der Waals surface area (Å²) in [5, 5.41) is 0. The van der Waals surface area contributed by atoms with Crippen molar-refractivity contribution in [2.75, 3.05) is 26.1 Å². The van der Waals surface area contributed by atoms with Gasteiger partial charge in [0.1, 0.15) is 22.1 Å². The highest BCUT2D eigenvalue weighted by Crippen LogP contribution is 2.39. The number of sulfonamides is 1. The van der Waals surface area contributed by atoms with Crippen molar-refractivity contribution >= 4 is 27.5 Å². The number of nitrogens with zero attached hydrogens (tertiary/aromatic N) is 1. The third-order valence-electron chi connectivity index (χ3n) is 6.44. The topological polar surface area (TPSA) is 111 Å². The Kier molecular flexibility index (Phi) is 6.70. The summed E-state index contributed by atoms with van der Waals surface area (Å²) in [6.07, 6.45) is 3.33. The van der Waals surface area contributed by atoms with Crippen LogP contribution in [0.3, 0.4) is 0 Å². The normalized spacial score (nSPS) is 20.1. The number of carbonyl (C=O) groups excluding carboxylic acids is 2. The minimum atomic E-state index is -4.12. The van der Waals surface area contributed by atoms with Crippen molar-refractivity contribution in [2.45, 2.75) is 37.1 Å². The number of rotatable bonds is 8. The van der Waals surface area contributed by atoms with Gasteiger partial charge >= 0.3 is 0 Å². The van der Waals surface area contributed by atoms with Gasteiger partial charge in [0, 0.05) is 6.07 Å². The van der Waals surface area contributed by atoms with E-state index in [1.54, 1.807) is 18.2 Å². The third kappa shape index (κ3) is 4.42. The van der Waals surface area contributed by atoms with Crippen molar-refractivity contribution in [3.63, 3.8) is 0 Å². The van der Waals surface area contributed by atoms with Crippen molar-refractivity contribution < 1.29 is 32.2 Å². The van der Waals surface area contributed by atoms with Crippen LogP contribution in [-0.4, -0.2) is 46.5 Å². The highest BCUT2D eigenvalue weighted by Gasteiger charge is 2.47. The van der Waals surface area contributed by atoms with E-state index in [2.05, 4.69) is 4.72 Å². The fraction of sp³-hybridized carbons (Fsp3) is 0.417. The van der Waals surface area contributed by atoms with Crippen LogP contribution in [0.25, 0.3) is 0 Å². The van der Waals surface area contributed by atoms with Crippen LogP contribution in [0.5, 0.6) is 17.2 Å². The van der Waals surface area contributed by atoms with Gasteiger partial charge < -0.3 is 14.2 Å². The fourth-order valence-corrected chi connectivity index (χ4v) is 5.97. The van der Waals surface area contributed by atoms with Gasteiger partial charge in [-0.3, -0.25) is 19.2 Å². The van der Waals surface area contributed by atoms with Crippen LogP contribution < -0.4 is 18.9 Å². The fourth-order valence-electron chi connectivity index (χ4n) is 4.69. The minimum Gasteiger partial charge on any atom is -0.497 e. The predicted octanol–water partition coefficient (Wildman–Crippen LogP) is 3.19. The first-order valence-electron chi connectivity index (χ1n) is 11.1. The Balaban J connectivity index is 1.64. The molecule has 2 aliphatic rings. The van der Waals surface area contributed by atoms with E-state index in [1.807, 2.05) is 0 Å². The third-order valence-corrected chi connectivity index (χ3v) is 7.83. The van der Waals surface area contributed by atoms with Crippen molar-refractivity contribution in [1.82, 2.24) is 4.90 Å². The first-order valence-corrected chi connectivity index (χ1v) is 12.5. The quantitative estimate of drug-likeness (QED) is 0.568. The van der Waals surface area contributed by atoms with Gasteiger partial charge in [-0.2, -0.15) is 0 Å². The zero-order valence-electron chi connectivity index (χ0n) is 19.4. The van der Waals surface area contributed by atoms with Gasteiger partial charge in [0.2, 0.25) is 11.8 Å². The highest BCUT2D eigenvalue weighted by atomic mass is 32.2. The van der Waals surface area contributed by atoms with E-state index in [0.29, 0.717) is 17.1 Å². The van der Waals surface area contributed by atoms with Crippen LogP contribution in [0.4, 0.5) is 5.69 Å². The molecule has 0 bridgehead atoms. The zero-order valence-corrected chi connectivity index (χ0v) is 20.2. The Labute approximate surface area is 199 Å². The van der Waals surface area contributed by atoms with E-state index in [0.717, 1.165) is 25.7 Å². The maximum absolute atomic E-state index is 13.3. The highest BCUT2D eigenvalue weighted by molar-refractivity contribution is 7.92. The van der Waals surface area contributed by atoms with Crippen LogP contribution in [0, 0.1) is 11.8 Å². The van der Waals surface area contributed by atoms with Crippen LogP contribution in [-0.2, 0) is 26.2 Å². The van der Waals surface area contributed by atoms with Gasteiger partial charge in [0.15, 0.2) is 0 Å². The van der Waals surface area contributed by atoms with E-state index >= 15 is 0 Å². The lowest BCUT2D eigenvalue weighted by molar-refractivity contribution is -0.140. The molecule has 0 aromatic heterocycles. The summed E-state index contributed by atoms with van der Waals surface area (Å²) in [5.41, 5.74) is 0.711. The number of likely N-dealkylation sites (tertiary alicyclic amines) is 1. The van der Waals surface area contributed by atoms with Crippen LogP contribution in [0.1, 0.15) is 31.2 Å². The molecule has 0 spiro atoms. The number of nitrogens with one attached hydrogen (secondary N) is 1. The summed E-state index contributed by atoms with van der Waals surface area (Å²) in [7, 11) is 0.166. The number of anilines is 1. The van der Waals surface area contributed by atoms with E-state index < -0.39 is 10.0 Å². The van der Waals surface area contributed by atoms with Crippen LogP contribution in [0.15, 0.2) is 41.3 Å². The molecule has 34 heavy (non-hydrogen) atoms. The molecule has 1 saturated heterocycles. The monoisotopic (exact) mass is 488 g/mol. The summed E-state index contributed by atoms with van der Waals surface area (Å²) in [6, 6.07) is 9.36. The second kappa shape index (κ2) is 9.54. The number of carbonyl (C=O) groups is 2. The van der Waals surface area contributed by atoms with Gasteiger partial charge in [-0.05, 0) is 42.7 Å². The first-order chi connectivity index (χ1) is 16.3. The number of hydrogen-bond acceptors (Lipinski definition) is 7. The molecule has 182 valence electrons. The van der Waals surface area contributed by atoms with Gasteiger partial charge in [0.05, 0.1) is 45.4 Å². The molecule has 2 aromatic rings. The van der Waals surface area contributed by atoms with Gasteiger partial charge in [-0.25, -0.2) is 8.42 Å². The maximum atomic E-state index is 13.3. The minimum absolute atomic E-state index is 0.0136. The first kappa shape index (κ1) is 23.9. The molecule has 2 amide bonds. The van der Waals surface area contributed by atoms with E-state index in [1.165, 1.54) is 44.4 Å². The average Bonchev–Trinajstić information content (AvgIpc) is 3.08. The molecular formula is C24H28N2O7S. The second-order valence-corrected chi connectivity index (χ2v) is 10.1. The SMILES string of the molecule is COc1ccc(OC)c(NS(=O)(=O)c2cc(CN3C(=O)[C@H]4CCCC[C@H]4C3=O)ccc2OC)c1. The number of imide groups is 1. The Morgan fingerprint density at radius 1 is 0.882 bits per heavy atom. The van der Waals surface area contributed by atoms with E-state index in [-0.39, 0.29) is 46.5 Å². The zero-order chi connectivity index (χ0) is 24.5. The smallest absolute Gasteiger partial charge is 0.265 e. The number of methoxy groups -OCH3 is 3. The average molecular weight is 489 g/mol. The van der Waals surface area contributed by atoms with E-state index in [9.17, 15) is 18.0 Å². The Hall–Kier alpha value is -3.27. The van der Waals surface area contributed by atoms with Crippen molar-refractivity contribution in [3.05, 3.63) is 42.0 Å². The van der Waals surface area contributed by atoms with Crippen LogP contribution in [0.2, 0.25) is 0 Å². The lowest BCUT2D eigenvalue weighted by Crippen LogP contribution is -2.30. The molecule has 0 radical (unpaired) electrons. The molecule has 2 fully saturated rings. The van der Waals surface area contributed by atoms with Gasteiger partial charge in [0.25, 0.3) is 10.0 Å². The Morgan fingerprint density at radius 2 is 1.50 bits per heavy atom. The molecule has 1 saturated carbocycles. The molecule has 10 heteroatoms. The molecule has 2 atom stereocenters. The lowest BCUT2D eigenvalue weighted by atomic mass is 9.81. The van der Waals surface area contributed by atoms with Crippen molar-refractivity contribution in [1.29, 1.82) is 0 Å². The molecule has 4 rings (SSSR count). The van der Waals surface area contributed by atoms with Gasteiger partial charge in [-0.15, -0.1) is 0 Å². The number of fused-ring (bicyclic) bond motifs is 1. The molecule has 9 nitrogen and oxygen atoms in total. The number of hydrogen-bond donors (Lipinski definition) is 1. The summed E-state index contributed by atoms with van der Waals surface area (Å²) in [5.74, 6) is 0.0334. The predicted molar refractivity (Wildman–Crippen MR) is 124 cm³/mol. The van der Waals surface area contributed by atoms with Crippen molar-refractivity contribution in [2.24, 2.45) is 11.8 Å². The molecule has 0 unspecified atom stereocenters. The number of benzene rings is 2. The Bertz CT molecular complexity index is 1190. The molecule has 1 aliphatic heterocycles. The Morgan fingerprint density at radius 3 is 2.09 bits per heavy atom. The summed E-state index contributed by atoms with van der Waals surface area (Å²) in [6.45, 7) is 0.0136. The summed E-state index contributed by atoms with van der Waals surface area (Å²) >= 11 is 0. The number of amides is 2. The largest absolute Gasteiger partial charge is 0.497 e. The number of ether oxygens (including phenoxy) is 3. The van der Waals surface area contributed by atoms with Crippen molar-refractivity contribution in [3.8, 4) is 17.2 Å². The maximum Gasteiger partial charge on any atom is 0.265 e. The lowest BCUT2D eigenvalue weighted by Gasteiger charge is -2.19. The molecule has 1 heterocycles. The standard InChI is InChI=1S/C24H28N2O7S/c1-31-16-9-11-20(32-2)19(13-16)25-34(29,30)22-12-15(8-10-21(22)33-3)14-26-23(27)17-6-4-5-7-18(17)24(26)28/h8-13,17-18,25H,4-7,14H2,1-3H3/t17-,18+. The second-order valence-electron chi connectivity index (χ2n) is 8.42. The molecule has 1 aliphatic carbocycles. The van der Waals surface area contributed by atoms with Crippen LogP contribution >= 0.6 is 0 Å². The molecule has 1 N–H and O–H groups in total. The molecule has 2 aromatic carbocycles. The van der Waals surface area contributed by atoms with Gasteiger partial charge in [-0.1, -0.05) is 18.9 Å². The molecular weight excluding hydrogens is 460 g/mol. The summed E-state index contributed by atoms with van der Waals surface area (Å²) in [4.78, 5) is 26.9. The van der Waals surface area contributed by atoms with E-state index in [4.69, 9.17) is 14.2 Å². The summed E-state index contributed by atoms with van der Waals surface area (Å²) < 4.78 is 44.9.